The third-order valence-electron chi connectivity index (χ3n) is 2.71. The lowest BCUT2D eigenvalue weighted by molar-refractivity contribution is 0.0342. The number of rotatable bonds is 4. The Morgan fingerprint density at radius 1 is 1.31 bits per heavy atom. The Morgan fingerprint density at radius 3 is 2.88 bits per heavy atom. The maximum absolute atomic E-state index is 5.34. The molecule has 4 heteroatoms. The van der Waals surface area contributed by atoms with E-state index >= 15 is 0 Å². The van der Waals surface area contributed by atoms with Crippen LogP contribution in [0.4, 0.5) is 5.69 Å². The Bertz CT molecular complexity index is 324. The van der Waals surface area contributed by atoms with Crippen LogP contribution in [-0.2, 0) is 11.3 Å². The van der Waals surface area contributed by atoms with Gasteiger partial charge >= 0.3 is 0 Å². The molecule has 0 aromatic heterocycles. The van der Waals surface area contributed by atoms with Gasteiger partial charge in [-0.25, -0.2) is 5.43 Å². The average molecular weight is 221 g/mol. The molecule has 1 aliphatic rings. The summed E-state index contributed by atoms with van der Waals surface area (Å²) in [7, 11) is 1.87. The van der Waals surface area contributed by atoms with E-state index in [0.29, 0.717) is 0 Å². The van der Waals surface area contributed by atoms with Crippen molar-refractivity contribution in [1.82, 2.24) is 10.3 Å². The van der Waals surface area contributed by atoms with Gasteiger partial charge in [-0.1, -0.05) is 12.1 Å². The maximum atomic E-state index is 5.34. The van der Waals surface area contributed by atoms with E-state index in [-0.39, 0.29) is 0 Å². The summed E-state index contributed by atoms with van der Waals surface area (Å²) in [5, 5.41) is 0. The molecule has 0 unspecified atom stereocenters. The molecule has 1 aromatic carbocycles. The number of hydrogen-bond donors (Lipinski definition) is 2. The second kappa shape index (κ2) is 5.84. The Labute approximate surface area is 96.6 Å². The summed E-state index contributed by atoms with van der Waals surface area (Å²) in [6, 6.07) is 8.47. The highest BCUT2D eigenvalue weighted by molar-refractivity contribution is 5.44. The Morgan fingerprint density at radius 2 is 2.12 bits per heavy atom. The van der Waals surface area contributed by atoms with E-state index in [1.165, 1.54) is 5.56 Å². The maximum Gasteiger partial charge on any atom is 0.0594 e. The fourth-order valence-electron chi connectivity index (χ4n) is 1.91. The van der Waals surface area contributed by atoms with Gasteiger partial charge in [0, 0.05) is 32.4 Å². The van der Waals surface area contributed by atoms with E-state index in [4.69, 9.17) is 4.74 Å². The van der Waals surface area contributed by atoms with Crippen LogP contribution in [0.5, 0.6) is 0 Å². The molecule has 1 saturated heterocycles. The molecule has 0 saturated carbocycles. The van der Waals surface area contributed by atoms with Crippen molar-refractivity contribution >= 4 is 5.69 Å². The van der Waals surface area contributed by atoms with E-state index in [1.807, 2.05) is 7.05 Å². The number of morpholine rings is 1. The Balaban J connectivity index is 1.94. The van der Waals surface area contributed by atoms with Crippen molar-refractivity contribution in [1.29, 1.82) is 0 Å². The molecule has 0 bridgehead atoms. The first-order valence-electron chi connectivity index (χ1n) is 5.70. The number of hydrazine groups is 1. The summed E-state index contributed by atoms with van der Waals surface area (Å²) in [5.74, 6) is 0. The molecule has 16 heavy (non-hydrogen) atoms. The zero-order valence-electron chi connectivity index (χ0n) is 9.70. The van der Waals surface area contributed by atoms with Crippen LogP contribution in [0.15, 0.2) is 24.3 Å². The van der Waals surface area contributed by atoms with Crippen LogP contribution in [0.3, 0.4) is 0 Å². The summed E-state index contributed by atoms with van der Waals surface area (Å²) in [6.07, 6.45) is 0. The van der Waals surface area contributed by atoms with Crippen molar-refractivity contribution < 1.29 is 4.74 Å². The summed E-state index contributed by atoms with van der Waals surface area (Å²) in [5.41, 5.74) is 8.46. The predicted molar refractivity (Wildman–Crippen MR) is 65.2 cm³/mol. The van der Waals surface area contributed by atoms with Gasteiger partial charge in [0.15, 0.2) is 0 Å². The van der Waals surface area contributed by atoms with Crippen LogP contribution in [0.25, 0.3) is 0 Å². The lowest BCUT2D eigenvalue weighted by Gasteiger charge is -2.26. The average Bonchev–Trinajstić information content (AvgIpc) is 2.31. The van der Waals surface area contributed by atoms with Gasteiger partial charge in [0.25, 0.3) is 0 Å². The van der Waals surface area contributed by atoms with E-state index in [0.717, 1.165) is 38.5 Å². The minimum atomic E-state index is 0.856. The molecule has 0 aliphatic carbocycles. The van der Waals surface area contributed by atoms with E-state index in [1.54, 1.807) is 0 Å². The molecule has 1 heterocycles. The second-order valence-electron chi connectivity index (χ2n) is 3.96. The lowest BCUT2D eigenvalue weighted by atomic mass is 10.2. The fraction of sp³-hybridized carbons (Fsp3) is 0.500. The summed E-state index contributed by atoms with van der Waals surface area (Å²) in [4.78, 5) is 2.42. The monoisotopic (exact) mass is 221 g/mol. The number of anilines is 1. The molecule has 2 rings (SSSR count). The van der Waals surface area contributed by atoms with Crippen LogP contribution in [-0.4, -0.2) is 38.3 Å². The SMILES string of the molecule is CNNc1cccc(CN2CCOCC2)c1. The standard InChI is InChI=1S/C12H19N3O/c1-13-14-12-4-2-3-11(9-12)10-15-5-7-16-8-6-15/h2-4,9,13-14H,5-8,10H2,1H3. The Kier molecular flexibility index (Phi) is 4.16. The van der Waals surface area contributed by atoms with Crippen molar-refractivity contribution in [3.05, 3.63) is 29.8 Å². The first-order chi connectivity index (χ1) is 7.88. The zero-order chi connectivity index (χ0) is 11.2. The third-order valence-corrected chi connectivity index (χ3v) is 2.71. The summed E-state index contributed by atoms with van der Waals surface area (Å²) >= 11 is 0. The molecule has 1 fully saturated rings. The molecule has 1 aliphatic heterocycles. The number of hydrogen-bond acceptors (Lipinski definition) is 4. The van der Waals surface area contributed by atoms with Crippen molar-refractivity contribution in [3.63, 3.8) is 0 Å². The topological polar surface area (TPSA) is 36.5 Å². The minimum Gasteiger partial charge on any atom is -0.379 e. The largest absolute Gasteiger partial charge is 0.379 e. The van der Waals surface area contributed by atoms with Gasteiger partial charge in [-0.15, -0.1) is 0 Å². The van der Waals surface area contributed by atoms with Crippen LogP contribution >= 0.6 is 0 Å². The molecule has 0 atom stereocenters. The van der Waals surface area contributed by atoms with Gasteiger partial charge in [-0.3, -0.25) is 4.90 Å². The molecule has 2 N–H and O–H groups in total. The van der Waals surface area contributed by atoms with Gasteiger partial charge < -0.3 is 10.2 Å². The normalized spacial score (nSPS) is 17.3. The van der Waals surface area contributed by atoms with Gasteiger partial charge in [-0.05, 0) is 17.7 Å². The number of nitrogens with one attached hydrogen (secondary N) is 2. The van der Waals surface area contributed by atoms with Crippen LogP contribution in [0.1, 0.15) is 5.56 Å². The summed E-state index contributed by atoms with van der Waals surface area (Å²) in [6.45, 7) is 4.78. The highest BCUT2D eigenvalue weighted by atomic mass is 16.5. The number of ether oxygens (including phenoxy) is 1. The number of benzene rings is 1. The van der Waals surface area contributed by atoms with E-state index in [9.17, 15) is 0 Å². The zero-order valence-corrected chi connectivity index (χ0v) is 9.70. The Hall–Kier alpha value is -1.10. The van der Waals surface area contributed by atoms with Crippen molar-refractivity contribution in [2.45, 2.75) is 6.54 Å². The van der Waals surface area contributed by atoms with E-state index < -0.39 is 0 Å². The van der Waals surface area contributed by atoms with Crippen molar-refractivity contribution in [3.8, 4) is 0 Å². The van der Waals surface area contributed by atoms with Gasteiger partial charge in [0.05, 0.1) is 13.2 Å². The molecule has 88 valence electrons. The first-order valence-corrected chi connectivity index (χ1v) is 5.70. The number of nitrogens with zero attached hydrogens (tertiary/aromatic N) is 1. The van der Waals surface area contributed by atoms with Crippen LogP contribution in [0, 0.1) is 0 Å². The quantitative estimate of drug-likeness (QED) is 0.746. The highest BCUT2D eigenvalue weighted by Gasteiger charge is 2.10. The molecule has 4 nitrogen and oxygen atoms in total. The second-order valence-corrected chi connectivity index (χ2v) is 3.96. The molecule has 0 spiro atoms. The molecular formula is C12H19N3O. The van der Waals surface area contributed by atoms with Crippen LogP contribution < -0.4 is 10.9 Å². The third kappa shape index (κ3) is 3.20. The lowest BCUT2D eigenvalue weighted by Crippen LogP contribution is -2.35. The van der Waals surface area contributed by atoms with Gasteiger partial charge in [-0.2, -0.15) is 0 Å². The molecular weight excluding hydrogens is 202 g/mol. The summed E-state index contributed by atoms with van der Waals surface area (Å²) < 4.78 is 5.34. The fourth-order valence-corrected chi connectivity index (χ4v) is 1.91. The molecule has 1 aromatic rings. The smallest absolute Gasteiger partial charge is 0.0594 e. The predicted octanol–water partition coefficient (Wildman–Crippen LogP) is 1.07. The van der Waals surface area contributed by atoms with Crippen LogP contribution in [0.2, 0.25) is 0 Å². The van der Waals surface area contributed by atoms with Crippen molar-refractivity contribution in [2.24, 2.45) is 0 Å². The van der Waals surface area contributed by atoms with E-state index in [2.05, 4.69) is 40.0 Å². The minimum absolute atomic E-state index is 0.856. The van der Waals surface area contributed by atoms with Gasteiger partial charge in [0.2, 0.25) is 0 Å². The molecule has 0 radical (unpaired) electrons. The van der Waals surface area contributed by atoms with Gasteiger partial charge in [0.1, 0.15) is 0 Å². The molecule has 0 amide bonds. The first kappa shape index (κ1) is 11.4. The van der Waals surface area contributed by atoms with Crippen molar-refractivity contribution in [2.75, 3.05) is 38.8 Å². The highest BCUT2D eigenvalue weighted by Crippen LogP contribution is 2.12.